The van der Waals surface area contributed by atoms with Gasteiger partial charge in [-0.3, -0.25) is 0 Å². The van der Waals surface area contributed by atoms with Crippen LogP contribution in [-0.4, -0.2) is 7.05 Å². The van der Waals surface area contributed by atoms with Crippen LogP contribution in [0.15, 0.2) is 24.3 Å². The van der Waals surface area contributed by atoms with E-state index in [0.29, 0.717) is 0 Å². The second-order valence-electron chi connectivity index (χ2n) is 1.76. The average Bonchev–Trinajstić information content (AvgIpc) is 1.90. The molecule has 0 bridgehead atoms. The van der Waals surface area contributed by atoms with Crippen LogP contribution < -0.4 is 5.32 Å². The van der Waals surface area contributed by atoms with Crippen molar-refractivity contribution in [1.82, 2.24) is 0 Å². The molecule has 0 saturated heterocycles. The van der Waals surface area contributed by atoms with Crippen LogP contribution in [0.5, 0.6) is 0 Å². The molecule has 1 nitrogen and oxygen atoms in total. The smallest absolute Gasteiger partial charge is 0.0407 e. The number of hydrogen-bond donors (Lipinski definition) is 1. The standard InChI is InChI=1S/C7H8ClN.ClH/c1-9-7-4-2-6(8)3-5-7;/h2-5,9H,1H3;1H. The Morgan fingerprint density at radius 2 is 1.70 bits per heavy atom. The van der Waals surface area contributed by atoms with Crippen LogP contribution >= 0.6 is 24.0 Å². The van der Waals surface area contributed by atoms with Gasteiger partial charge in [-0.25, -0.2) is 0 Å². The number of anilines is 1. The maximum Gasteiger partial charge on any atom is 0.0407 e. The van der Waals surface area contributed by atoms with E-state index in [4.69, 9.17) is 11.6 Å². The Bertz CT molecular complexity index is 183. The molecule has 0 saturated carbocycles. The molecule has 56 valence electrons. The highest BCUT2D eigenvalue weighted by Crippen LogP contribution is 2.11. The van der Waals surface area contributed by atoms with Crippen molar-refractivity contribution in [2.24, 2.45) is 0 Å². The Labute approximate surface area is 71.8 Å². The number of benzene rings is 1. The summed E-state index contributed by atoms with van der Waals surface area (Å²) in [5.41, 5.74) is 1.08. The van der Waals surface area contributed by atoms with Gasteiger partial charge in [0.1, 0.15) is 0 Å². The minimum Gasteiger partial charge on any atom is -0.388 e. The second kappa shape index (κ2) is 4.42. The molecule has 0 aliphatic rings. The Balaban J connectivity index is 0.000000810. The molecule has 0 aliphatic carbocycles. The van der Waals surface area contributed by atoms with Crippen LogP contribution in [0.3, 0.4) is 0 Å². The van der Waals surface area contributed by atoms with Gasteiger partial charge in [-0.1, -0.05) is 11.6 Å². The fourth-order valence-electron chi connectivity index (χ4n) is 0.617. The zero-order chi connectivity index (χ0) is 6.69. The van der Waals surface area contributed by atoms with E-state index in [9.17, 15) is 0 Å². The summed E-state index contributed by atoms with van der Waals surface area (Å²) in [6.07, 6.45) is 0. The summed E-state index contributed by atoms with van der Waals surface area (Å²) in [4.78, 5) is 0. The summed E-state index contributed by atoms with van der Waals surface area (Å²) < 4.78 is 0. The average molecular weight is 178 g/mol. The molecular weight excluding hydrogens is 169 g/mol. The second-order valence-corrected chi connectivity index (χ2v) is 2.19. The summed E-state index contributed by atoms with van der Waals surface area (Å²) in [7, 11) is 1.88. The highest BCUT2D eigenvalue weighted by molar-refractivity contribution is 6.30. The maximum absolute atomic E-state index is 5.64. The molecule has 0 heterocycles. The zero-order valence-corrected chi connectivity index (χ0v) is 7.17. The summed E-state index contributed by atoms with van der Waals surface area (Å²) in [5.74, 6) is 0. The molecular formula is C7H9Cl2N. The quantitative estimate of drug-likeness (QED) is 0.697. The minimum atomic E-state index is 0. The van der Waals surface area contributed by atoms with Gasteiger partial charge in [0.2, 0.25) is 0 Å². The van der Waals surface area contributed by atoms with Crippen molar-refractivity contribution in [3.63, 3.8) is 0 Å². The normalized spacial score (nSPS) is 8.20. The highest BCUT2D eigenvalue weighted by atomic mass is 35.5. The van der Waals surface area contributed by atoms with Gasteiger partial charge in [0, 0.05) is 17.8 Å². The van der Waals surface area contributed by atoms with Gasteiger partial charge in [0.05, 0.1) is 0 Å². The fourth-order valence-corrected chi connectivity index (χ4v) is 0.743. The monoisotopic (exact) mass is 177 g/mol. The van der Waals surface area contributed by atoms with Crippen molar-refractivity contribution >= 4 is 29.7 Å². The SMILES string of the molecule is CNc1ccc(Cl)cc1.Cl. The van der Waals surface area contributed by atoms with Gasteiger partial charge in [-0.05, 0) is 24.3 Å². The van der Waals surface area contributed by atoms with Crippen LogP contribution in [0.1, 0.15) is 0 Å². The first-order valence-corrected chi connectivity index (χ1v) is 3.14. The van der Waals surface area contributed by atoms with Crippen molar-refractivity contribution in [2.45, 2.75) is 0 Å². The predicted octanol–water partition coefficient (Wildman–Crippen LogP) is 2.80. The van der Waals surface area contributed by atoms with Crippen molar-refractivity contribution in [2.75, 3.05) is 12.4 Å². The molecule has 1 aromatic rings. The lowest BCUT2D eigenvalue weighted by Crippen LogP contribution is -1.84. The topological polar surface area (TPSA) is 12.0 Å². The Morgan fingerprint density at radius 3 is 2.10 bits per heavy atom. The molecule has 0 aliphatic heterocycles. The van der Waals surface area contributed by atoms with E-state index in [2.05, 4.69) is 5.32 Å². The molecule has 0 spiro atoms. The van der Waals surface area contributed by atoms with Gasteiger partial charge >= 0.3 is 0 Å². The molecule has 3 heteroatoms. The molecule has 0 fully saturated rings. The Hall–Kier alpha value is -0.400. The van der Waals surface area contributed by atoms with Gasteiger partial charge in [-0.15, -0.1) is 12.4 Å². The molecule has 0 unspecified atom stereocenters. The van der Waals surface area contributed by atoms with Gasteiger partial charge in [-0.2, -0.15) is 0 Å². The summed E-state index contributed by atoms with van der Waals surface area (Å²) in [5, 5.41) is 3.77. The molecule has 1 N–H and O–H groups in total. The van der Waals surface area contributed by atoms with Gasteiger partial charge < -0.3 is 5.32 Å². The Kier molecular flexibility index (Phi) is 4.24. The largest absolute Gasteiger partial charge is 0.388 e. The van der Waals surface area contributed by atoms with Crippen LogP contribution in [-0.2, 0) is 0 Å². The summed E-state index contributed by atoms with van der Waals surface area (Å²) in [6.45, 7) is 0. The van der Waals surface area contributed by atoms with E-state index in [0.717, 1.165) is 10.7 Å². The minimum absolute atomic E-state index is 0. The fraction of sp³-hybridized carbons (Fsp3) is 0.143. The molecule has 0 radical (unpaired) electrons. The predicted molar refractivity (Wildman–Crippen MR) is 48.2 cm³/mol. The molecule has 1 aromatic carbocycles. The van der Waals surface area contributed by atoms with E-state index in [1.54, 1.807) is 0 Å². The number of hydrogen-bond acceptors (Lipinski definition) is 1. The lowest BCUT2D eigenvalue weighted by molar-refractivity contribution is 1.51. The third kappa shape index (κ3) is 2.46. The molecule has 1 rings (SSSR count). The van der Waals surface area contributed by atoms with Crippen molar-refractivity contribution in [1.29, 1.82) is 0 Å². The van der Waals surface area contributed by atoms with Crippen molar-refractivity contribution in [3.05, 3.63) is 29.3 Å². The van der Waals surface area contributed by atoms with Crippen LogP contribution in [0.25, 0.3) is 0 Å². The first-order chi connectivity index (χ1) is 4.33. The first kappa shape index (κ1) is 9.60. The van der Waals surface area contributed by atoms with E-state index in [1.165, 1.54) is 0 Å². The van der Waals surface area contributed by atoms with E-state index in [-0.39, 0.29) is 12.4 Å². The highest BCUT2D eigenvalue weighted by Gasteiger charge is 1.85. The van der Waals surface area contributed by atoms with Gasteiger partial charge in [0.15, 0.2) is 0 Å². The molecule has 0 amide bonds. The van der Waals surface area contributed by atoms with Crippen molar-refractivity contribution < 1.29 is 0 Å². The maximum atomic E-state index is 5.64. The van der Waals surface area contributed by atoms with Crippen LogP contribution in [0, 0.1) is 0 Å². The van der Waals surface area contributed by atoms with Crippen LogP contribution in [0.4, 0.5) is 5.69 Å². The van der Waals surface area contributed by atoms with E-state index in [1.807, 2.05) is 31.3 Å². The third-order valence-corrected chi connectivity index (χ3v) is 1.38. The molecule has 10 heavy (non-hydrogen) atoms. The summed E-state index contributed by atoms with van der Waals surface area (Å²) in [6, 6.07) is 7.57. The number of rotatable bonds is 1. The molecule has 0 atom stereocenters. The molecule has 0 aromatic heterocycles. The first-order valence-electron chi connectivity index (χ1n) is 2.76. The Morgan fingerprint density at radius 1 is 1.20 bits per heavy atom. The van der Waals surface area contributed by atoms with Gasteiger partial charge in [0.25, 0.3) is 0 Å². The van der Waals surface area contributed by atoms with Crippen molar-refractivity contribution in [3.8, 4) is 0 Å². The third-order valence-electron chi connectivity index (χ3n) is 1.13. The summed E-state index contributed by atoms with van der Waals surface area (Å²) >= 11 is 5.64. The van der Waals surface area contributed by atoms with E-state index >= 15 is 0 Å². The zero-order valence-electron chi connectivity index (χ0n) is 5.60. The number of nitrogens with one attached hydrogen (secondary N) is 1. The lowest BCUT2D eigenvalue weighted by atomic mass is 10.3. The number of halogens is 2. The van der Waals surface area contributed by atoms with E-state index < -0.39 is 0 Å². The lowest BCUT2D eigenvalue weighted by Gasteiger charge is -1.96. The van der Waals surface area contributed by atoms with Crippen LogP contribution in [0.2, 0.25) is 5.02 Å².